The number of hydrazine groups is 1. The van der Waals surface area contributed by atoms with E-state index in [0.717, 1.165) is 22.1 Å². The standard InChI is InChI=1S/C10H8N4/c11-14-9-6-2-4-7-3-1-5-8(10(7)9)12-13-14/h1-6H,11H2. The zero-order valence-corrected chi connectivity index (χ0v) is 7.38. The summed E-state index contributed by atoms with van der Waals surface area (Å²) in [6.45, 7) is 0. The zero-order chi connectivity index (χ0) is 9.54. The van der Waals surface area contributed by atoms with E-state index in [2.05, 4.69) is 10.3 Å². The first kappa shape index (κ1) is 7.46. The molecule has 14 heavy (non-hydrogen) atoms. The van der Waals surface area contributed by atoms with Gasteiger partial charge in [0.25, 0.3) is 0 Å². The van der Waals surface area contributed by atoms with Crippen LogP contribution in [0.2, 0.25) is 0 Å². The van der Waals surface area contributed by atoms with Crippen molar-refractivity contribution in [2.24, 2.45) is 16.2 Å². The number of hydrogen-bond donors (Lipinski definition) is 1. The molecule has 0 amide bonds. The van der Waals surface area contributed by atoms with Gasteiger partial charge in [-0.1, -0.05) is 29.5 Å². The molecule has 1 aliphatic heterocycles. The van der Waals surface area contributed by atoms with Crippen LogP contribution in [-0.4, -0.2) is 0 Å². The van der Waals surface area contributed by atoms with Gasteiger partial charge in [-0.2, -0.15) is 5.12 Å². The fraction of sp³-hybridized carbons (Fsp3) is 0. The SMILES string of the molecule is NN1N=Nc2cccc3cccc1c23. The largest absolute Gasteiger partial charge is 0.225 e. The smallest absolute Gasteiger partial charge is 0.0975 e. The van der Waals surface area contributed by atoms with E-state index in [0.29, 0.717) is 0 Å². The summed E-state index contributed by atoms with van der Waals surface area (Å²) < 4.78 is 0. The molecule has 0 fully saturated rings. The van der Waals surface area contributed by atoms with Gasteiger partial charge in [0.1, 0.15) is 0 Å². The predicted octanol–water partition coefficient (Wildman–Crippen LogP) is 2.53. The molecule has 2 N–H and O–H groups in total. The summed E-state index contributed by atoms with van der Waals surface area (Å²) in [7, 11) is 0. The molecule has 1 heterocycles. The Kier molecular flexibility index (Phi) is 1.35. The molecule has 68 valence electrons. The Labute approximate surface area is 80.6 Å². The second kappa shape index (κ2) is 2.52. The van der Waals surface area contributed by atoms with Crippen molar-refractivity contribution in [1.29, 1.82) is 0 Å². The number of benzene rings is 2. The number of anilines is 1. The Morgan fingerprint density at radius 1 is 1.07 bits per heavy atom. The van der Waals surface area contributed by atoms with Gasteiger partial charge in [-0.15, -0.1) is 5.11 Å². The number of nitrogens with zero attached hydrogens (tertiary/aromatic N) is 3. The maximum Gasteiger partial charge on any atom is 0.0975 e. The Balaban J connectivity index is 2.52. The molecule has 0 atom stereocenters. The van der Waals surface area contributed by atoms with Crippen LogP contribution in [0.1, 0.15) is 0 Å². The summed E-state index contributed by atoms with van der Waals surface area (Å²) in [4.78, 5) is 0. The minimum absolute atomic E-state index is 0.875. The molecule has 0 radical (unpaired) electrons. The van der Waals surface area contributed by atoms with E-state index in [4.69, 9.17) is 5.84 Å². The van der Waals surface area contributed by atoms with Crippen molar-refractivity contribution in [3.63, 3.8) is 0 Å². The molecule has 0 spiro atoms. The van der Waals surface area contributed by atoms with E-state index < -0.39 is 0 Å². The summed E-state index contributed by atoms with van der Waals surface area (Å²) >= 11 is 0. The third kappa shape index (κ3) is 0.856. The molecule has 2 aromatic rings. The summed E-state index contributed by atoms with van der Waals surface area (Å²) in [5.74, 6) is 5.68. The summed E-state index contributed by atoms with van der Waals surface area (Å²) in [6, 6.07) is 11.9. The first-order valence-electron chi connectivity index (χ1n) is 4.34. The highest BCUT2D eigenvalue weighted by Gasteiger charge is 2.13. The molecule has 0 saturated carbocycles. The molecular formula is C10H8N4. The highest BCUT2D eigenvalue weighted by molar-refractivity contribution is 6.02. The quantitative estimate of drug-likeness (QED) is 0.639. The van der Waals surface area contributed by atoms with Crippen LogP contribution in [0.5, 0.6) is 0 Å². The lowest BCUT2D eigenvalue weighted by Crippen LogP contribution is -2.24. The van der Waals surface area contributed by atoms with Gasteiger partial charge < -0.3 is 0 Å². The van der Waals surface area contributed by atoms with Gasteiger partial charge in [0.15, 0.2) is 0 Å². The average Bonchev–Trinajstić information content (AvgIpc) is 2.24. The van der Waals surface area contributed by atoms with Crippen LogP contribution in [0.15, 0.2) is 46.7 Å². The summed E-state index contributed by atoms with van der Waals surface area (Å²) in [6.07, 6.45) is 0. The highest BCUT2D eigenvalue weighted by atomic mass is 15.7. The predicted molar refractivity (Wildman–Crippen MR) is 55.1 cm³/mol. The van der Waals surface area contributed by atoms with Crippen LogP contribution in [0.3, 0.4) is 0 Å². The second-order valence-electron chi connectivity index (χ2n) is 3.19. The molecule has 0 aliphatic carbocycles. The van der Waals surface area contributed by atoms with Crippen LogP contribution in [0.4, 0.5) is 11.4 Å². The minimum Gasteiger partial charge on any atom is -0.225 e. The van der Waals surface area contributed by atoms with Gasteiger partial charge in [-0.25, -0.2) is 5.84 Å². The molecular weight excluding hydrogens is 176 g/mol. The molecule has 0 bridgehead atoms. The van der Waals surface area contributed by atoms with E-state index in [9.17, 15) is 0 Å². The number of nitrogens with two attached hydrogens (primary N) is 1. The topological polar surface area (TPSA) is 54.0 Å². The molecule has 2 aromatic carbocycles. The Morgan fingerprint density at radius 2 is 1.86 bits per heavy atom. The van der Waals surface area contributed by atoms with Crippen molar-refractivity contribution in [2.45, 2.75) is 0 Å². The van der Waals surface area contributed by atoms with Gasteiger partial charge in [-0.05, 0) is 17.5 Å². The van der Waals surface area contributed by atoms with Gasteiger partial charge in [-0.3, -0.25) is 0 Å². The van der Waals surface area contributed by atoms with Gasteiger partial charge >= 0.3 is 0 Å². The van der Waals surface area contributed by atoms with E-state index in [1.165, 1.54) is 5.12 Å². The Morgan fingerprint density at radius 3 is 2.71 bits per heavy atom. The fourth-order valence-corrected chi connectivity index (χ4v) is 1.72. The maximum absolute atomic E-state index is 5.68. The number of hydrogen-bond acceptors (Lipinski definition) is 4. The van der Waals surface area contributed by atoms with E-state index in [1.54, 1.807) is 0 Å². The lowest BCUT2D eigenvalue weighted by molar-refractivity contribution is 0.851. The van der Waals surface area contributed by atoms with Crippen LogP contribution in [0.25, 0.3) is 10.8 Å². The van der Waals surface area contributed by atoms with E-state index >= 15 is 0 Å². The van der Waals surface area contributed by atoms with E-state index in [-0.39, 0.29) is 0 Å². The first-order valence-corrected chi connectivity index (χ1v) is 4.34. The van der Waals surface area contributed by atoms with Crippen molar-refractivity contribution in [1.82, 2.24) is 0 Å². The monoisotopic (exact) mass is 184 g/mol. The first-order chi connectivity index (χ1) is 6.86. The van der Waals surface area contributed by atoms with Crippen molar-refractivity contribution < 1.29 is 0 Å². The summed E-state index contributed by atoms with van der Waals surface area (Å²) in [5, 5.41) is 11.3. The third-order valence-electron chi connectivity index (χ3n) is 2.36. The minimum atomic E-state index is 0.875. The molecule has 0 unspecified atom stereocenters. The summed E-state index contributed by atoms with van der Waals surface area (Å²) in [5.41, 5.74) is 1.77. The maximum atomic E-state index is 5.68. The lowest BCUT2D eigenvalue weighted by atomic mass is 10.1. The van der Waals surface area contributed by atoms with Crippen LogP contribution < -0.4 is 11.0 Å². The van der Waals surface area contributed by atoms with Crippen molar-refractivity contribution in [3.8, 4) is 0 Å². The third-order valence-corrected chi connectivity index (χ3v) is 2.36. The van der Waals surface area contributed by atoms with Crippen molar-refractivity contribution >= 4 is 22.1 Å². The normalized spacial score (nSPS) is 13.6. The molecule has 3 rings (SSSR count). The van der Waals surface area contributed by atoms with Crippen molar-refractivity contribution in [2.75, 3.05) is 5.12 Å². The van der Waals surface area contributed by atoms with Gasteiger partial charge in [0.05, 0.1) is 11.4 Å². The van der Waals surface area contributed by atoms with E-state index in [1.807, 2.05) is 36.4 Å². The second-order valence-corrected chi connectivity index (χ2v) is 3.19. The fourth-order valence-electron chi connectivity index (χ4n) is 1.72. The molecule has 4 nitrogen and oxygen atoms in total. The van der Waals surface area contributed by atoms with Crippen LogP contribution >= 0.6 is 0 Å². The van der Waals surface area contributed by atoms with Gasteiger partial charge in [0, 0.05) is 5.39 Å². The molecule has 0 saturated heterocycles. The zero-order valence-electron chi connectivity index (χ0n) is 7.38. The number of rotatable bonds is 0. The van der Waals surface area contributed by atoms with Crippen molar-refractivity contribution in [3.05, 3.63) is 36.4 Å². The molecule has 4 heteroatoms. The highest BCUT2D eigenvalue weighted by Crippen LogP contribution is 2.36. The average molecular weight is 184 g/mol. The van der Waals surface area contributed by atoms with Gasteiger partial charge in [0.2, 0.25) is 0 Å². The molecule has 1 aliphatic rings. The lowest BCUT2D eigenvalue weighted by Gasteiger charge is -2.18. The Hall–Kier alpha value is -1.94. The molecule has 0 aromatic heterocycles. The Bertz CT molecular complexity index is 527. The van der Waals surface area contributed by atoms with Crippen LogP contribution in [0, 0.1) is 0 Å². The van der Waals surface area contributed by atoms with Crippen LogP contribution in [-0.2, 0) is 0 Å².